The van der Waals surface area contributed by atoms with Gasteiger partial charge >= 0.3 is 0 Å². The van der Waals surface area contributed by atoms with Gasteiger partial charge in [0, 0.05) is 25.1 Å². The average Bonchev–Trinajstić information content (AvgIpc) is 2.38. The van der Waals surface area contributed by atoms with Crippen molar-refractivity contribution < 1.29 is 14.6 Å². The van der Waals surface area contributed by atoms with Crippen molar-refractivity contribution in [2.24, 2.45) is 0 Å². The number of benzene rings is 1. The van der Waals surface area contributed by atoms with Crippen LogP contribution in [0.2, 0.25) is 0 Å². The van der Waals surface area contributed by atoms with Gasteiger partial charge in [0.2, 0.25) is 0 Å². The number of ether oxygens (including phenoxy) is 1. The summed E-state index contributed by atoms with van der Waals surface area (Å²) in [4.78, 5) is 14.3. The van der Waals surface area contributed by atoms with Crippen LogP contribution >= 0.6 is 0 Å². The molecule has 1 amide bonds. The molecular formula is C15H21NO3. The van der Waals surface area contributed by atoms with Gasteiger partial charge in [0.05, 0.1) is 18.8 Å². The van der Waals surface area contributed by atoms with Crippen molar-refractivity contribution in [1.82, 2.24) is 4.90 Å². The summed E-state index contributed by atoms with van der Waals surface area (Å²) in [6, 6.07) is 7.50. The highest BCUT2D eigenvalue weighted by Gasteiger charge is 2.23. The third-order valence-corrected chi connectivity index (χ3v) is 3.17. The van der Waals surface area contributed by atoms with E-state index in [4.69, 9.17) is 4.74 Å². The first-order valence-corrected chi connectivity index (χ1v) is 6.65. The first-order chi connectivity index (χ1) is 8.97. The second-order valence-electron chi connectivity index (χ2n) is 5.55. The average molecular weight is 263 g/mol. The van der Waals surface area contributed by atoms with Crippen LogP contribution in [0.25, 0.3) is 0 Å². The van der Waals surface area contributed by atoms with Crippen LogP contribution in [0.15, 0.2) is 24.3 Å². The second kappa shape index (κ2) is 5.72. The number of hydrogen-bond donors (Lipinski definition) is 1. The Balaban J connectivity index is 2.21. The second-order valence-corrected chi connectivity index (χ2v) is 5.55. The predicted octanol–water partition coefficient (Wildman–Crippen LogP) is 1.47. The number of hydrogen-bond acceptors (Lipinski definition) is 3. The molecule has 2 rings (SSSR count). The summed E-state index contributed by atoms with van der Waals surface area (Å²) < 4.78 is 5.26. The van der Waals surface area contributed by atoms with Crippen LogP contribution in [0, 0.1) is 0 Å². The monoisotopic (exact) mass is 263 g/mol. The molecule has 1 N–H and O–H groups in total. The van der Waals surface area contributed by atoms with Crippen molar-refractivity contribution in [1.29, 1.82) is 0 Å². The largest absolute Gasteiger partial charge is 0.390 e. The molecule has 104 valence electrons. The topological polar surface area (TPSA) is 49.8 Å². The SMILES string of the molecule is CC(C)(O)Cc1ccccc1C(=O)N1CCOCC1. The van der Waals surface area contributed by atoms with Crippen LogP contribution < -0.4 is 0 Å². The summed E-state index contributed by atoms with van der Waals surface area (Å²) in [6.07, 6.45) is 0.471. The lowest BCUT2D eigenvalue weighted by atomic mass is 9.94. The van der Waals surface area contributed by atoms with Gasteiger partial charge in [-0.3, -0.25) is 4.79 Å². The van der Waals surface area contributed by atoms with Crippen molar-refractivity contribution >= 4 is 5.91 Å². The number of morpholine rings is 1. The van der Waals surface area contributed by atoms with E-state index in [1.807, 2.05) is 29.2 Å². The zero-order chi connectivity index (χ0) is 13.9. The first kappa shape index (κ1) is 14.0. The van der Waals surface area contributed by atoms with E-state index in [1.165, 1.54) is 0 Å². The van der Waals surface area contributed by atoms with Crippen LogP contribution in [0.1, 0.15) is 29.8 Å². The minimum Gasteiger partial charge on any atom is -0.390 e. The van der Waals surface area contributed by atoms with E-state index in [9.17, 15) is 9.90 Å². The molecule has 0 aliphatic carbocycles. The standard InChI is InChI=1S/C15H21NO3/c1-15(2,18)11-12-5-3-4-6-13(12)14(17)16-7-9-19-10-8-16/h3-6,18H,7-11H2,1-2H3. The van der Waals surface area contributed by atoms with Crippen LogP contribution in [-0.2, 0) is 11.2 Å². The molecule has 1 aliphatic rings. The first-order valence-electron chi connectivity index (χ1n) is 6.65. The summed E-state index contributed by atoms with van der Waals surface area (Å²) in [5.74, 6) is 0.0307. The number of aliphatic hydroxyl groups is 1. The molecular weight excluding hydrogens is 242 g/mol. The smallest absolute Gasteiger partial charge is 0.254 e. The Bertz CT molecular complexity index is 445. The van der Waals surface area contributed by atoms with Gasteiger partial charge in [0.15, 0.2) is 0 Å². The number of nitrogens with zero attached hydrogens (tertiary/aromatic N) is 1. The van der Waals surface area contributed by atoms with Crippen molar-refractivity contribution in [2.45, 2.75) is 25.9 Å². The van der Waals surface area contributed by atoms with E-state index in [0.29, 0.717) is 38.3 Å². The van der Waals surface area contributed by atoms with Crippen LogP contribution in [0.3, 0.4) is 0 Å². The van der Waals surface area contributed by atoms with Gasteiger partial charge in [-0.1, -0.05) is 18.2 Å². The maximum absolute atomic E-state index is 12.5. The fourth-order valence-electron chi connectivity index (χ4n) is 2.29. The van der Waals surface area contributed by atoms with Gasteiger partial charge < -0.3 is 14.7 Å². The van der Waals surface area contributed by atoms with E-state index in [2.05, 4.69) is 0 Å². The maximum atomic E-state index is 12.5. The van der Waals surface area contributed by atoms with Gasteiger partial charge in [-0.2, -0.15) is 0 Å². The summed E-state index contributed by atoms with van der Waals surface area (Å²) in [5.41, 5.74) is 0.763. The highest BCUT2D eigenvalue weighted by molar-refractivity contribution is 5.95. The summed E-state index contributed by atoms with van der Waals surface area (Å²) in [6.45, 7) is 5.97. The zero-order valence-electron chi connectivity index (χ0n) is 11.6. The lowest BCUT2D eigenvalue weighted by molar-refractivity contribution is 0.0300. The molecule has 4 heteroatoms. The molecule has 1 heterocycles. The van der Waals surface area contributed by atoms with Crippen molar-refractivity contribution in [3.05, 3.63) is 35.4 Å². The van der Waals surface area contributed by atoms with Crippen molar-refractivity contribution in [2.75, 3.05) is 26.3 Å². The fraction of sp³-hybridized carbons (Fsp3) is 0.533. The number of amides is 1. The Labute approximate surface area is 114 Å². The minimum atomic E-state index is -0.818. The molecule has 1 aromatic carbocycles. The normalized spacial score (nSPS) is 16.5. The summed E-state index contributed by atoms with van der Waals surface area (Å²) >= 11 is 0. The van der Waals surface area contributed by atoms with Gasteiger partial charge in [0.25, 0.3) is 5.91 Å². The minimum absolute atomic E-state index is 0.0307. The maximum Gasteiger partial charge on any atom is 0.254 e. The molecule has 0 spiro atoms. The van der Waals surface area contributed by atoms with E-state index in [1.54, 1.807) is 13.8 Å². The fourth-order valence-corrected chi connectivity index (χ4v) is 2.29. The summed E-state index contributed by atoms with van der Waals surface area (Å²) in [7, 11) is 0. The Morgan fingerprint density at radius 3 is 2.58 bits per heavy atom. The lowest BCUT2D eigenvalue weighted by Crippen LogP contribution is -2.41. The molecule has 4 nitrogen and oxygen atoms in total. The van der Waals surface area contributed by atoms with Gasteiger partial charge in [-0.05, 0) is 25.5 Å². The number of carbonyl (C=O) groups excluding carboxylic acids is 1. The third-order valence-electron chi connectivity index (χ3n) is 3.17. The van der Waals surface area contributed by atoms with Crippen molar-refractivity contribution in [3.63, 3.8) is 0 Å². The molecule has 1 aromatic rings. The molecule has 1 fully saturated rings. The number of carbonyl (C=O) groups is 1. The van der Waals surface area contributed by atoms with E-state index < -0.39 is 5.60 Å². The van der Waals surface area contributed by atoms with Gasteiger partial charge in [-0.25, -0.2) is 0 Å². The van der Waals surface area contributed by atoms with Crippen molar-refractivity contribution in [3.8, 4) is 0 Å². The third kappa shape index (κ3) is 3.78. The van der Waals surface area contributed by atoms with Crippen LogP contribution in [0.5, 0.6) is 0 Å². The van der Waals surface area contributed by atoms with E-state index in [0.717, 1.165) is 5.56 Å². The van der Waals surface area contributed by atoms with Gasteiger partial charge in [0.1, 0.15) is 0 Å². The molecule has 19 heavy (non-hydrogen) atoms. The quantitative estimate of drug-likeness (QED) is 0.898. The van der Waals surface area contributed by atoms with Crippen LogP contribution in [0.4, 0.5) is 0 Å². The molecule has 1 saturated heterocycles. The molecule has 0 bridgehead atoms. The molecule has 0 unspecified atom stereocenters. The predicted molar refractivity (Wildman–Crippen MR) is 73.2 cm³/mol. The Morgan fingerprint density at radius 1 is 1.32 bits per heavy atom. The molecule has 1 aliphatic heterocycles. The molecule has 0 radical (unpaired) electrons. The highest BCUT2D eigenvalue weighted by atomic mass is 16.5. The highest BCUT2D eigenvalue weighted by Crippen LogP contribution is 2.18. The van der Waals surface area contributed by atoms with E-state index >= 15 is 0 Å². The Morgan fingerprint density at radius 2 is 1.95 bits per heavy atom. The Hall–Kier alpha value is -1.39. The Kier molecular flexibility index (Phi) is 4.22. The number of rotatable bonds is 3. The molecule has 0 atom stereocenters. The molecule has 0 aromatic heterocycles. The molecule has 0 saturated carbocycles. The zero-order valence-corrected chi connectivity index (χ0v) is 11.6. The van der Waals surface area contributed by atoms with Gasteiger partial charge in [-0.15, -0.1) is 0 Å². The summed E-state index contributed by atoms with van der Waals surface area (Å²) in [5, 5.41) is 9.94. The van der Waals surface area contributed by atoms with Crippen LogP contribution in [-0.4, -0.2) is 47.8 Å². The van der Waals surface area contributed by atoms with E-state index in [-0.39, 0.29) is 5.91 Å². The lowest BCUT2D eigenvalue weighted by Gasteiger charge is -2.28.